The maximum atomic E-state index is 14.3. The van der Waals surface area contributed by atoms with Crippen LogP contribution in [0.3, 0.4) is 0 Å². The van der Waals surface area contributed by atoms with Crippen LogP contribution in [-0.2, 0) is 14.3 Å². The Morgan fingerprint density at radius 1 is 0.923 bits per heavy atom. The van der Waals surface area contributed by atoms with Gasteiger partial charge in [0.1, 0.15) is 17.7 Å². The van der Waals surface area contributed by atoms with E-state index in [0.717, 1.165) is 61.6 Å². The molecule has 3 atom stereocenters. The molecule has 0 fully saturated rings. The Morgan fingerprint density at radius 2 is 1.56 bits per heavy atom. The van der Waals surface area contributed by atoms with Crippen molar-refractivity contribution < 1.29 is 19.1 Å². The maximum absolute atomic E-state index is 14.3. The van der Waals surface area contributed by atoms with Crippen molar-refractivity contribution in [2.75, 3.05) is 6.54 Å². The van der Waals surface area contributed by atoms with Crippen molar-refractivity contribution in [2.45, 2.75) is 138 Å². The van der Waals surface area contributed by atoms with Gasteiger partial charge in [-0.15, -0.1) is 0 Å². The molecule has 1 aromatic rings. The molecule has 0 bridgehead atoms. The minimum Gasteiger partial charge on any atom is -0.444 e. The molecule has 0 radical (unpaired) electrons. The molecule has 7 heteroatoms. The van der Waals surface area contributed by atoms with Crippen molar-refractivity contribution in [3.63, 3.8) is 0 Å². The number of nitrogens with zero attached hydrogens (tertiary/aromatic N) is 1. The summed E-state index contributed by atoms with van der Waals surface area (Å²) in [6, 6.07) is 4.35. The molecule has 0 aromatic heterocycles. The summed E-state index contributed by atoms with van der Waals surface area (Å²) in [5.74, 6) is -0.659. The first-order valence-electron chi connectivity index (χ1n) is 14.9. The van der Waals surface area contributed by atoms with Crippen LogP contribution in [0.4, 0.5) is 4.79 Å². The maximum Gasteiger partial charge on any atom is 0.408 e. The first-order valence-corrected chi connectivity index (χ1v) is 14.9. The standard InChI is InChI=1S/C32H55N3O4/c1-11-13-14-15-16-20-35(30(37)27(22(3)4)34-31(38)39-32(8,9)10)28(29(36)33-25(7)17-12-2)26-19-18-23(5)21-24(26)6/h18-19,21-22,25,27-28H,11-17,20H2,1-10H3,(H,33,36)(H,34,38). The van der Waals surface area contributed by atoms with E-state index in [-0.39, 0.29) is 23.8 Å². The molecule has 0 aliphatic heterocycles. The molecule has 7 nitrogen and oxygen atoms in total. The quantitative estimate of drug-likeness (QED) is 0.232. The van der Waals surface area contributed by atoms with Crippen molar-refractivity contribution in [1.82, 2.24) is 15.5 Å². The van der Waals surface area contributed by atoms with E-state index in [4.69, 9.17) is 4.74 Å². The third kappa shape index (κ3) is 12.0. The van der Waals surface area contributed by atoms with Crippen molar-refractivity contribution >= 4 is 17.9 Å². The van der Waals surface area contributed by atoms with Crippen LogP contribution < -0.4 is 10.6 Å². The fourth-order valence-electron chi connectivity index (χ4n) is 4.79. The number of unbranched alkanes of at least 4 members (excludes halogenated alkanes) is 4. The SMILES string of the molecule is CCCCCCCN(C(=O)C(NC(=O)OC(C)(C)C)C(C)C)C(C(=O)NC(C)CCC)c1ccc(C)cc1C. The number of hydrogen-bond acceptors (Lipinski definition) is 4. The van der Waals surface area contributed by atoms with Gasteiger partial charge in [0.25, 0.3) is 0 Å². The predicted molar refractivity (Wildman–Crippen MR) is 160 cm³/mol. The molecular formula is C32H55N3O4. The topological polar surface area (TPSA) is 87.7 Å². The summed E-state index contributed by atoms with van der Waals surface area (Å²) in [4.78, 5) is 42.6. The van der Waals surface area contributed by atoms with E-state index in [1.54, 1.807) is 25.7 Å². The Hall–Kier alpha value is -2.57. The van der Waals surface area contributed by atoms with E-state index in [0.29, 0.717) is 6.54 Å². The number of nitrogens with one attached hydrogen (secondary N) is 2. The van der Waals surface area contributed by atoms with Gasteiger partial charge in [-0.25, -0.2) is 4.79 Å². The molecule has 3 unspecified atom stereocenters. The average molecular weight is 546 g/mol. The zero-order valence-corrected chi connectivity index (χ0v) is 26.3. The van der Waals surface area contributed by atoms with E-state index in [2.05, 4.69) is 24.5 Å². The van der Waals surface area contributed by atoms with Crippen molar-refractivity contribution in [3.8, 4) is 0 Å². The molecule has 0 heterocycles. The van der Waals surface area contributed by atoms with Gasteiger partial charge in [0.2, 0.25) is 11.8 Å². The monoisotopic (exact) mass is 545 g/mol. The van der Waals surface area contributed by atoms with Crippen molar-refractivity contribution in [2.24, 2.45) is 5.92 Å². The fraction of sp³-hybridized carbons (Fsp3) is 0.719. The Morgan fingerprint density at radius 3 is 2.10 bits per heavy atom. The third-order valence-electron chi connectivity index (χ3n) is 6.78. The molecule has 2 N–H and O–H groups in total. The number of rotatable bonds is 15. The van der Waals surface area contributed by atoms with Gasteiger partial charge in [-0.1, -0.05) is 83.6 Å². The van der Waals surface area contributed by atoms with Crippen LogP contribution in [0.5, 0.6) is 0 Å². The Balaban J connectivity index is 3.53. The lowest BCUT2D eigenvalue weighted by molar-refractivity contribution is -0.143. The third-order valence-corrected chi connectivity index (χ3v) is 6.78. The van der Waals surface area contributed by atoms with E-state index < -0.39 is 23.8 Å². The minimum atomic E-state index is -0.829. The van der Waals surface area contributed by atoms with Gasteiger partial charge in [0.05, 0.1) is 0 Å². The Bertz CT molecular complexity index is 922. The predicted octanol–water partition coefficient (Wildman–Crippen LogP) is 7.00. The lowest BCUT2D eigenvalue weighted by Gasteiger charge is -2.36. The number of carbonyl (C=O) groups is 3. The number of amides is 3. The molecule has 0 aliphatic rings. The summed E-state index contributed by atoms with van der Waals surface area (Å²) in [6.45, 7) is 19.9. The van der Waals surface area contributed by atoms with Gasteiger partial charge in [-0.05, 0) is 71.4 Å². The summed E-state index contributed by atoms with van der Waals surface area (Å²) in [6.07, 6.45) is 6.26. The minimum absolute atomic E-state index is 0.0157. The van der Waals surface area contributed by atoms with Crippen LogP contribution in [0, 0.1) is 19.8 Å². The summed E-state index contributed by atoms with van der Waals surface area (Å²) < 4.78 is 5.48. The molecule has 0 spiro atoms. The first-order chi connectivity index (χ1) is 18.2. The van der Waals surface area contributed by atoms with Crippen LogP contribution in [0.1, 0.15) is 123 Å². The molecule has 39 heavy (non-hydrogen) atoms. The Labute approximate surface area is 237 Å². The second-order valence-electron chi connectivity index (χ2n) is 12.3. The highest BCUT2D eigenvalue weighted by atomic mass is 16.6. The van der Waals surface area contributed by atoms with Gasteiger partial charge in [0, 0.05) is 12.6 Å². The van der Waals surface area contributed by atoms with E-state index >= 15 is 0 Å². The van der Waals surface area contributed by atoms with Crippen molar-refractivity contribution in [3.05, 3.63) is 34.9 Å². The molecular weight excluding hydrogens is 490 g/mol. The highest BCUT2D eigenvalue weighted by molar-refractivity contribution is 5.92. The highest BCUT2D eigenvalue weighted by Crippen LogP contribution is 2.28. The summed E-state index contributed by atoms with van der Waals surface area (Å²) in [5, 5.41) is 5.97. The molecule has 3 amide bonds. The molecule has 1 rings (SSSR count). The van der Waals surface area contributed by atoms with Gasteiger partial charge in [0.15, 0.2) is 0 Å². The largest absolute Gasteiger partial charge is 0.444 e. The summed E-state index contributed by atoms with van der Waals surface area (Å²) in [7, 11) is 0. The molecule has 0 saturated heterocycles. The highest BCUT2D eigenvalue weighted by Gasteiger charge is 2.38. The number of aryl methyl sites for hydroxylation is 2. The zero-order valence-electron chi connectivity index (χ0n) is 26.3. The van der Waals surface area contributed by atoms with Crippen LogP contribution in [0.15, 0.2) is 18.2 Å². The van der Waals surface area contributed by atoms with Gasteiger partial charge >= 0.3 is 6.09 Å². The first kappa shape index (κ1) is 34.5. The molecule has 0 aliphatic carbocycles. The van der Waals surface area contributed by atoms with Crippen LogP contribution in [-0.4, -0.2) is 47.0 Å². The Kier molecular flexibility index (Phi) is 14.6. The number of ether oxygens (including phenoxy) is 1. The van der Waals surface area contributed by atoms with Crippen LogP contribution in [0.2, 0.25) is 0 Å². The van der Waals surface area contributed by atoms with E-state index in [1.165, 1.54) is 0 Å². The van der Waals surface area contributed by atoms with E-state index in [9.17, 15) is 14.4 Å². The van der Waals surface area contributed by atoms with Crippen molar-refractivity contribution in [1.29, 1.82) is 0 Å². The molecule has 1 aromatic carbocycles. The molecule has 0 saturated carbocycles. The number of alkyl carbamates (subject to hydrolysis) is 1. The van der Waals surface area contributed by atoms with E-state index in [1.807, 2.05) is 52.8 Å². The number of benzene rings is 1. The van der Waals surface area contributed by atoms with Gasteiger partial charge < -0.3 is 20.3 Å². The summed E-state index contributed by atoms with van der Waals surface area (Å²) in [5.41, 5.74) is 2.18. The van der Waals surface area contributed by atoms with Crippen LogP contribution in [0.25, 0.3) is 0 Å². The lowest BCUT2D eigenvalue weighted by atomic mass is 9.94. The summed E-state index contributed by atoms with van der Waals surface area (Å²) >= 11 is 0. The van der Waals surface area contributed by atoms with Gasteiger partial charge in [-0.2, -0.15) is 0 Å². The lowest BCUT2D eigenvalue weighted by Crippen LogP contribution is -2.55. The van der Waals surface area contributed by atoms with Crippen LogP contribution >= 0.6 is 0 Å². The fourth-order valence-corrected chi connectivity index (χ4v) is 4.79. The zero-order chi connectivity index (χ0) is 29.8. The number of hydrogen-bond donors (Lipinski definition) is 2. The smallest absolute Gasteiger partial charge is 0.408 e. The molecule has 222 valence electrons. The second-order valence-corrected chi connectivity index (χ2v) is 12.3. The van der Waals surface area contributed by atoms with Gasteiger partial charge in [-0.3, -0.25) is 9.59 Å². The normalized spacial score (nSPS) is 13.9. The second kappa shape index (κ2) is 16.5. The average Bonchev–Trinajstić information content (AvgIpc) is 2.81. The number of carbonyl (C=O) groups excluding carboxylic acids is 3.